The van der Waals surface area contributed by atoms with Gasteiger partial charge in [-0.1, -0.05) is 32.9 Å². The lowest BCUT2D eigenvalue weighted by molar-refractivity contribution is 0.573. The summed E-state index contributed by atoms with van der Waals surface area (Å²) in [7, 11) is -3.63. The molecule has 0 radical (unpaired) electrons. The smallest absolute Gasteiger partial charge is 0.255 e. The zero-order valence-electron chi connectivity index (χ0n) is 11.3. The van der Waals surface area contributed by atoms with Gasteiger partial charge in [-0.2, -0.15) is 0 Å². The van der Waals surface area contributed by atoms with Gasteiger partial charge in [0, 0.05) is 15.3 Å². The van der Waals surface area contributed by atoms with Crippen LogP contribution in [0.2, 0.25) is 0 Å². The molecule has 0 aliphatic heterocycles. The Morgan fingerprint density at radius 2 is 1.90 bits per heavy atom. The number of rotatable bonds is 3. The zero-order chi connectivity index (χ0) is 15.0. The van der Waals surface area contributed by atoms with E-state index in [1.165, 1.54) is 11.3 Å². The van der Waals surface area contributed by atoms with Crippen molar-refractivity contribution in [1.29, 1.82) is 0 Å². The number of sulfonamides is 1. The zero-order valence-corrected chi connectivity index (χ0v) is 14.6. The van der Waals surface area contributed by atoms with Gasteiger partial charge >= 0.3 is 0 Å². The minimum atomic E-state index is -3.63. The van der Waals surface area contributed by atoms with Gasteiger partial charge in [0.1, 0.15) is 4.90 Å². The summed E-state index contributed by atoms with van der Waals surface area (Å²) in [6.07, 6.45) is 0. The fraction of sp³-hybridized carbons (Fsp3) is 0.308. The van der Waals surface area contributed by atoms with E-state index in [1.807, 2.05) is 26.2 Å². The maximum absolute atomic E-state index is 12.3. The number of nitrogens with zero attached hydrogens (tertiary/aromatic N) is 1. The van der Waals surface area contributed by atoms with Gasteiger partial charge in [-0.05, 0) is 28.1 Å². The van der Waals surface area contributed by atoms with E-state index < -0.39 is 10.0 Å². The molecule has 108 valence electrons. The van der Waals surface area contributed by atoms with Gasteiger partial charge in [-0.3, -0.25) is 4.72 Å². The van der Waals surface area contributed by atoms with Crippen LogP contribution in [0.3, 0.4) is 0 Å². The average Bonchev–Trinajstić information content (AvgIpc) is 2.76. The maximum atomic E-state index is 12.3. The molecule has 7 heteroatoms. The molecule has 1 heterocycles. The second-order valence-electron chi connectivity index (χ2n) is 5.32. The number of hydrogen-bond acceptors (Lipinski definition) is 4. The van der Waals surface area contributed by atoms with E-state index in [9.17, 15) is 8.42 Å². The highest BCUT2D eigenvalue weighted by atomic mass is 79.9. The number of nitrogens with one attached hydrogen (secondary N) is 1. The van der Waals surface area contributed by atoms with Crippen molar-refractivity contribution in [3.8, 4) is 0 Å². The minimum absolute atomic E-state index is 0.104. The fourth-order valence-electron chi connectivity index (χ4n) is 1.50. The Bertz CT molecular complexity index is 718. The van der Waals surface area contributed by atoms with Crippen molar-refractivity contribution >= 4 is 42.4 Å². The first-order valence-electron chi connectivity index (χ1n) is 5.93. The number of anilines is 1. The topological polar surface area (TPSA) is 59.1 Å². The highest BCUT2D eigenvalue weighted by Crippen LogP contribution is 2.29. The normalized spacial score (nSPS) is 12.4. The molecule has 20 heavy (non-hydrogen) atoms. The summed E-state index contributed by atoms with van der Waals surface area (Å²) < 4.78 is 27.7. The highest BCUT2D eigenvalue weighted by Gasteiger charge is 2.21. The first kappa shape index (κ1) is 15.5. The van der Waals surface area contributed by atoms with Gasteiger partial charge in [0.05, 0.1) is 5.69 Å². The predicted molar refractivity (Wildman–Crippen MR) is 85.8 cm³/mol. The van der Waals surface area contributed by atoms with Crippen LogP contribution in [0.25, 0.3) is 0 Å². The van der Waals surface area contributed by atoms with Crippen molar-refractivity contribution in [1.82, 2.24) is 4.98 Å². The molecule has 0 spiro atoms. The van der Waals surface area contributed by atoms with E-state index in [-0.39, 0.29) is 10.3 Å². The van der Waals surface area contributed by atoms with Crippen LogP contribution in [0.5, 0.6) is 0 Å². The van der Waals surface area contributed by atoms with E-state index in [4.69, 9.17) is 0 Å². The molecule has 1 aromatic carbocycles. The predicted octanol–water partition coefficient (Wildman–Crippen LogP) is 4.00. The number of halogens is 1. The van der Waals surface area contributed by atoms with Crippen molar-refractivity contribution in [2.24, 2.45) is 0 Å². The summed E-state index contributed by atoms with van der Waals surface area (Å²) in [5, 5.41) is 2.25. The van der Waals surface area contributed by atoms with Gasteiger partial charge < -0.3 is 0 Å². The molecule has 0 aliphatic rings. The molecule has 0 aliphatic carbocycles. The highest BCUT2D eigenvalue weighted by molar-refractivity contribution is 9.10. The van der Waals surface area contributed by atoms with Crippen LogP contribution in [0, 0.1) is 0 Å². The molecule has 0 atom stereocenters. The molecule has 1 aromatic heterocycles. The second kappa shape index (κ2) is 5.46. The van der Waals surface area contributed by atoms with Gasteiger partial charge in [0.25, 0.3) is 10.0 Å². The van der Waals surface area contributed by atoms with E-state index >= 15 is 0 Å². The number of hydrogen-bond donors (Lipinski definition) is 1. The van der Waals surface area contributed by atoms with E-state index in [0.29, 0.717) is 9.60 Å². The van der Waals surface area contributed by atoms with Gasteiger partial charge in [-0.25, -0.2) is 13.4 Å². The molecule has 0 unspecified atom stereocenters. The van der Waals surface area contributed by atoms with Crippen molar-refractivity contribution in [2.75, 3.05) is 4.72 Å². The Balaban J connectivity index is 2.30. The maximum Gasteiger partial charge on any atom is 0.264 e. The standard InChI is InChI=1S/C13H15BrN2O2S2/c1-13(2,3)11-8-19-12(15-11)16-20(17,18)10-7-5-4-6-9(10)14/h4-8H,1-3H3,(H,15,16). The molecule has 0 saturated heterocycles. The lowest BCUT2D eigenvalue weighted by atomic mass is 9.93. The van der Waals surface area contributed by atoms with Crippen LogP contribution in [-0.4, -0.2) is 13.4 Å². The average molecular weight is 375 g/mol. The quantitative estimate of drug-likeness (QED) is 0.882. The summed E-state index contributed by atoms with van der Waals surface area (Å²) in [6.45, 7) is 6.11. The number of benzene rings is 1. The summed E-state index contributed by atoms with van der Waals surface area (Å²) in [4.78, 5) is 4.54. The fourth-order valence-corrected chi connectivity index (χ4v) is 4.69. The van der Waals surface area contributed by atoms with Crippen molar-refractivity contribution in [2.45, 2.75) is 31.1 Å². The Morgan fingerprint density at radius 3 is 2.45 bits per heavy atom. The van der Waals surface area contributed by atoms with Gasteiger partial charge in [-0.15, -0.1) is 11.3 Å². The molecule has 1 N–H and O–H groups in total. The summed E-state index contributed by atoms with van der Waals surface area (Å²) in [5.74, 6) is 0. The third kappa shape index (κ3) is 3.39. The van der Waals surface area contributed by atoms with Crippen molar-refractivity contribution in [3.63, 3.8) is 0 Å². The Labute approximate surface area is 131 Å². The van der Waals surface area contributed by atoms with E-state index in [1.54, 1.807) is 24.3 Å². The summed E-state index contributed by atoms with van der Waals surface area (Å²) in [5.41, 5.74) is 0.764. The molecular weight excluding hydrogens is 360 g/mol. The molecule has 2 rings (SSSR count). The molecule has 2 aromatic rings. The third-order valence-electron chi connectivity index (χ3n) is 2.62. The van der Waals surface area contributed by atoms with E-state index in [2.05, 4.69) is 25.6 Å². The number of aromatic nitrogens is 1. The van der Waals surface area contributed by atoms with Crippen LogP contribution in [-0.2, 0) is 15.4 Å². The largest absolute Gasteiger partial charge is 0.264 e. The summed E-state index contributed by atoms with van der Waals surface area (Å²) in [6, 6.07) is 6.69. The molecule has 0 bridgehead atoms. The van der Waals surface area contributed by atoms with Gasteiger partial charge in [0.2, 0.25) is 0 Å². The monoisotopic (exact) mass is 374 g/mol. The third-order valence-corrected chi connectivity index (χ3v) is 5.86. The van der Waals surface area contributed by atoms with Crippen molar-refractivity contribution in [3.05, 3.63) is 39.8 Å². The van der Waals surface area contributed by atoms with E-state index in [0.717, 1.165) is 5.69 Å². The first-order chi connectivity index (χ1) is 9.20. The first-order valence-corrected chi connectivity index (χ1v) is 9.09. The lowest BCUT2D eigenvalue weighted by Crippen LogP contribution is -2.15. The SMILES string of the molecule is CC(C)(C)c1csc(NS(=O)(=O)c2ccccc2Br)n1. The molecule has 0 saturated carbocycles. The lowest BCUT2D eigenvalue weighted by Gasteiger charge is -2.14. The van der Waals surface area contributed by atoms with Crippen LogP contribution < -0.4 is 4.72 Å². The van der Waals surface area contributed by atoms with Crippen LogP contribution >= 0.6 is 27.3 Å². The molecule has 0 amide bonds. The molecular formula is C13H15BrN2O2S2. The molecule has 4 nitrogen and oxygen atoms in total. The summed E-state index contributed by atoms with van der Waals surface area (Å²) >= 11 is 4.53. The molecule has 0 fully saturated rings. The van der Waals surface area contributed by atoms with Crippen LogP contribution in [0.1, 0.15) is 26.5 Å². The Kier molecular flexibility index (Phi) is 4.22. The number of thiazole rings is 1. The minimum Gasteiger partial charge on any atom is -0.255 e. The van der Waals surface area contributed by atoms with Crippen molar-refractivity contribution < 1.29 is 8.42 Å². The Hall–Kier alpha value is -0.920. The van der Waals surface area contributed by atoms with Crippen LogP contribution in [0.4, 0.5) is 5.13 Å². The van der Waals surface area contributed by atoms with Crippen LogP contribution in [0.15, 0.2) is 39.0 Å². The van der Waals surface area contributed by atoms with Gasteiger partial charge in [0.15, 0.2) is 5.13 Å². The second-order valence-corrected chi connectivity index (χ2v) is 8.69. The Morgan fingerprint density at radius 1 is 1.25 bits per heavy atom.